The third-order valence-electron chi connectivity index (χ3n) is 5.70. The zero-order valence-electron chi connectivity index (χ0n) is 11.8. The van der Waals surface area contributed by atoms with Gasteiger partial charge in [0.05, 0.1) is 11.6 Å². The van der Waals surface area contributed by atoms with Crippen LogP contribution in [-0.2, 0) is 0 Å². The summed E-state index contributed by atoms with van der Waals surface area (Å²) in [6, 6.07) is 0. The van der Waals surface area contributed by atoms with Crippen LogP contribution >= 0.6 is 11.6 Å². The molecule has 5 nitrogen and oxygen atoms in total. The Morgan fingerprint density at radius 3 is 2.43 bits per heavy atom. The van der Waals surface area contributed by atoms with Crippen molar-refractivity contribution in [2.24, 2.45) is 17.8 Å². The summed E-state index contributed by atoms with van der Waals surface area (Å²) in [4.78, 5) is 8.62. The van der Waals surface area contributed by atoms with Crippen molar-refractivity contribution in [3.8, 4) is 0 Å². The van der Waals surface area contributed by atoms with E-state index in [0.717, 1.165) is 29.0 Å². The molecule has 2 N–H and O–H groups in total. The van der Waals surface area contributed by atoms with Crippen molar-refractivity contribution in [1.29, 1.82) is 0 Å². The maximum absolute atomic E-state index is 6.06. The summed E-state index contributed by atoms with van der Waals surface area (Å²) in [5.41, 5.74) is 0.929. The van der Waals surface area contributed by atoms with Gasteiger partial charge >= 0.3 is 0 Å². The number of nitrogens with one attached hydrogen (secondary N) is 2. The standard InChI is InChI=1S/C15H18ClN5/c16-14-18-12(11-7-17-21-13(11)19-14)20-15-4-8-1-9(5-15)3-10(2-8)6-15/h7-10H,1-6H2,(H2,17,18,19,20,21). The van der Waals surface area contributed by atoms with Crippen molar-refractivity contribution in [3.63, 3.8) is 0 Å². The van der Waals surface area contributed by atoms with Crippen molar-refractivity contribution in [2.45, 2.75) is 44.1 Å². The molecule has 110 valence electrons. The molecule has 0 spiro atoms. The number of H-pyrrole nitrogens is 1. The van der Waals surface area contributed by atoms with Gasteiger partial charge in [0.1, 0.15) is 5.82 Å². The van der Waals surface area contributed by atoms with E-state index >= 15 is 0 Å². The lowest BCUT2D eigenvalue weighted by Gasteiger charge is -2.57. The molecule has 0 saturated heterocycles. The fraction of sp³-hybridized carbons (Fsp3) is 0.667. The molecule has 21 heavy (non-hydrogen) atoms. The van der Waals surface area contributed by atoms with Gasteiger partial charge in [-0.15, -0.1) is 0 Å². The summed E-state index contributed by atoms with van der Waals surface area (Å²) in [7, 11) is 0. The fourth-order valence-corrected chi connectivity index (χ4v) is 5.59. The number of nitrogens with zero attached hydrogens (tertiary/aromatic N) is 3. The SMILES string of the molecule is Clc1nc(NC23CC4CC(CC(C4)C2)C3)c2cn[nH]c2n1. The lowest BCUT2D eigenvalue weighted by molar-refractivity contribution is 0.0106. The van der Waals surface area contributed by atoms with E-state index in [1.807, 2.05) is 0 Å². The highest BCUT2D eigenvalue weighted by molar-refractivity contribution is 6.28. The molecule has 6 rings (SSSR count). The number of aromatic amines is 1. The summed E-state index contributed by atoms with van der Waals surface area (Å²) >= 11 is 6.06. The van der Waals surface area contributed by atoms with Gasteiger partial charge < -0.3 is 5.32 Å². The molecule has 4 saturated carbocycles. The van der Waals surface area contributed by atoms with Crippen molar-refractivity contribution < 1.29 is 0 Å². The first-order valence-electron chi connectivity index (χ1n) is 7.84. The van der Waals surface area contributed by atoms with E-state index in [-0.39, 0.29) is 10.8 Å². The Bertz CT molecular complexity index is 674. The van der Waals surface area contributed by atoms with Gasteiger partial charge in [0.25, 0.3) is 0 Å². The number of hydrogen-bond donors (Lipinski definition) is 2. The third-order valence-corrected chi connectivity index (χ3v) is 5.87. The average molecular weight is 304 g/mol. The van der Waals surface area contributed by atoms with Crippen molar-refractivity contribution in [1.82, 2.24) is 20.2 Å². The molecular weight excluding hydrogens is 286 g/mol. The molecular formula is C15H18ClN5. The molecule has 0 aliphatic heterocycles. The van der Waals surface area contributed by atoms with Crippen LogP contribution in [0.4, 0.5) is 5.82 Å². The number of aromatic nitrogens is 4. The van der Waals surface area contributed by atoms with Crippen LogP contribution < -0.4 is 5.32 Å². The Hall–Kier alpha value is -1.36. The summed E-state index contributed by atoms with van der Waals surface area (Å²) in [5, 5.41) is 11.9. The maximum atomic E-state index is 6.06. The molecule has 4 aliphatic rings. The van der Waals surface area contributed by atoms with Crippen molar-refractivity contribution in [3.05, 3.63) is 11.5 Å². The second-order valence-corrected chi connectivity index (χ2v) is 7.63. The molecule has 2 heterocycles. The largest absolute Gasteiger partial charge is 0.364 e. The lowest BCUT2D eigenvalue weighted by atomic mass is 9.53. The predicted octanol–water partition coefficient (Wildman–Crippen LogP) is 3.39. The number of hydrogen-bond acceptors (Lipinski definition) is 4. The highest BCUT2D eigenvalue weighted by Gasteiger charge is 2.51. The van der Waals surface area contributed by atoms with Gasteiger partial charge in [0.15, 0.2) is 5.65 Å². The van der Waals surface area contributed by atoms with Crippen LogP contribution in [-0.4, -0.2) is 25.7 Å². The molecule has 4 bridgehead atoms. The summed E-state index contributed by atoms with van der Waals surface area (Å²) in [5.74, 6) is 3.56. The number of rotatable bonds is 2. The zero-order chi connectivity index (χ0) is 14.0. The molecule has 4 aliphatic carbocycles. The number of anilines is 1. The number of fused-ring (bicyclic) bond motifs is 1. The van der Waals surface area contributed by atoms with Gasteiger partial charge in [0, 0.05) is 5.54 Å². The minimum Gasteiger partial charge on any atom is -0.364 e. The molecule has 4 fully saturated rings. The average Bonchev–Trinajstić information content (AvgIpc) is 2.84. The van der Waals surface area contributed by atoms with E-state index in [0.29, 0.717) is 5.65 Å². The van der Waals surface area contributed by atoms with Crippen LogP contribution in [0.5, 0.6) is 0 Å². The minimum atomic E-state index is 0.219. The normalized spacial score (nSPS) is 37.3. The highest BCUT2D eigenvalue weighted by Crippen LogP contribution is 2.56. The topological polar surface area (TPSA) is 66.5 Å². The van der Waals surface area contributed by atoms with Crippen LogP contribution in [0.2, 0.25) is 5.28 Å². The monoisotopic (exact) mass is 303 g/mol. The Balaban J connectivity index is 1.55. The Kier molecular flexibility index (Phi) is 2.38. The summed E-state index contributed by atoms with van der Waals surface area (Å²) < 4.78 is 0. The zero-order valence-corrected chi connectivity index (χ0v) is 12.5. The molecule has 6 heteroatoms. The minimum absolute atomic E-state index is 0.219. The third kappa shape index (κ3) is 1.86. The Morgan fingerprint density at radius 2 is 1.76 bits per heavy atom. The fourth-order valence-electron chi connectivity index (χ4n) is 5.42. The first-order chi connectivity index (χ1) is 10.2. The van der Waals surface area contributed by atoms with Gasteiger partial charge in [-0.1, -0.05) is 0 Å². The van der Waals surface area contributed by atoms with Crippen molar-refractivity contribution >= 4 is 28.5 Å². The molecule has 0 amide bonds. The van der Waals surface area contributed by atoms with Gasteiger partial charge in [-0.05, 0) is 67.9 Å². The van der Waals surface area contributed by atoms with E-state index in [2.05, 4.69) is 25.5 Å². The van der Waals surface area contributed by atoms with Crippen LogP contribution in [0.15, 0.2) is 6.20 Å². The first kappa shape index (κ1) is 12.2. The van der Waals surface area contributed by atoms with E-state index in [1.165, 1.54) is 38.5 Å². The maximum Gasteiger partial charge on any atom is 0.226 e. The Morgan fingerprint density at radius 1 is 1.10 bits per heavy atom. The molecule has 2 aromatic rings. The van der Waals surface area contributed by atoms with Gasteiger partial charge in [-0.3, -0.25) is 5.10 Å². The summed E-state index contributed by atoms with van der Waals surface area (Å²) in [6.45, 7) is 0. The molecule has 0 radical (unpaired) electrons. The summed E-state index contributed by atoms with van der Waals surface area (Å²) in [6.07, 6.45) is 9.93. The van der Waals surface area contributed by atoms with Crippen LogP contribution in [0.3, 0.4) is 0 Å². The molecule has 2 aromatic heterocycles. The lowest BCUT2D eigenvalue weighted by Crippen LogP contribution is -2.54. The van der Waals surface area contributed by atoms with Crippen LogP contribution in [0, 0.1) is 17.8 Å². The highest BCUT2D eigenvalue weighted by atomic mass is 35.5. The van der Waals surface area contributed by atoms with Crippen molar-refractivity contribution in [2.75, 3.05) is 5.32 Å². The van der Waals surface area contributed by atoms with E-state index in [1.54, 1.807) is 6.20 Å². The first-order valence-corrected chi connectivity index (χ1v) is 8.22. The van der Waals surface area contributed by atoms with E-state index in [4.69, 9.17) is 11.6 Å². The predicted molar refractivity (Wildman–Crippen MR) is 81.2 cm³/mol. The van der Waals surface area contributed by atoms with Crippen LogP contribution in [0.1, 0.15) is 38.5 Å². The quantitative estimate of drug-likeness (QED) is 0.835. The van der Waals surface area contributed by atoms with Gasteiger partial charge in [-0.25, -0.2) is 0 Å². The van der Waals surface area contributed by atoms with Gasteiger partial charge in [0.2, 0.25) is 5.28 Å². The van der Waals surface area contributed by atoms with Gasteiger partial charge in [-0.2, -0.15) is 15.1 Å². The molecule has 0 unspecified atom stereocenters. The smallest absolute Gasteiger partial charge is 0.226 e. The molecule has 0 aromatic carbocycles. The van der Waals surface area contributed by atoms with E-state index in [9.17, 15) is 0 Å². The second-order valence-electron chi connectivity index (χ2n) is 7.30. The van der Waals surface area contributed by atoms with Crippen LogP contribution in [0.25, 0.3) is 11.0 Å². The second kappa shape index (κ2) is 4.09. The number of halogens is 1. The Labute approximate surface area is 127 Å². The molecule has 0 atom stereocenters. The van der Waals surface area contributed by atoms with E-state index < -0.39 is 0 Å².